The molecular formula is C34H29BrN4O4S. The van der Waals surface area contributed by atoms with Crippen LogP contribution in [-0.2, 0) is 16.1 Å². The SMILES string of the molecule is CC(/C=N/N=C1\S/C(=C\c2cc(Br)ccc2OCC(=O)Nc2ccc(C)cc2)C(=O)N1Cc1ccco1)=C\c1ccccc1. The van der Waals surface area contributed by atoms with Crippen LogP contribution in [0.25, 0.3) is 12.2 Å². The summed E-state index contributed by atoms with van der Waals surface area (Å²) in [4.78, 5) is 28.1. The quantitative estimate of drug-likeness (QED) is 0.105. The van der Waals surface area contributed by atoms with E-state index in [2.05, 4.69) is 31.4 Å². The Balaban J connectivity index is 1.35. The lowest BCUT2D eigenvalue weighted by Gasteiger charge is -2.13. The van der Waals surface area contributed by atoms with Crippen molar-refractivity contribution >= 4 is 68.7 Å². The van der Waals surface area contributed by atoms with Gasteiger partial charge in [-0.05, 0) is 85.3 Å². The van der Waals surface area contributed by atoms with Gasteiger partial charge in [0.1, 0.15) is 11.5 Å². The Labute approximate surface area is 268 Å². The summed E-state index contributed by atoms with van der Waals surface area (Å²) >= 11 is 4.70. The Kier molecular flexibility index (Phi) is 10.3. The second-order valence-electron chi connectivity index (χ2n) is 9.89. The summed E-state index contributed by atoms with van der Waals surface area (Å²) in [6.07, 6.45) is 6.94. The van der Waals surface area contributed by atoms with Gasteiger partial charge in [-0.1, -0.05) is 70.0 Å². The Morgan fingerprint density at radius 2 is 1.86 bits per heavy atom. The van der Waals surface area contributed by atoms with E-state index in [1.165, 1.54) is 16.7 Å². The molecular weight excluding hydrogens is 640 g/mol. The van der Waals surface area contributed by atoms with Crippen LogP contribution in [0.2, 0.25) is 0 Å². The molecule has 222 valence electrons. The van der Waals surface area contributed by atoms with Crippen molar-refractivity contribution in [3.63, 3.8) is 0 Å². The van der Waals surface area contributed by atoms with E-state index in [0.717, 1.165) is 21.2 Å². The minimum absolute atomic E-state index is 0.199. The number of furan rings is 1. The van der Waals surface area contributed by atoms with Gasteiger partial charge in [0.25, 0.3) is 11.8 Å². The van der Waals surface area contributed by atoms with Crippen molar-refractivity contribution in [3.8, 4) is 5.75 Å². The van der Waals surface area contributed by atoms with Crippen molar-refractivity contribution in [2.24, 2.45) is 10.2 Å². The molecule has 0 saturated carbocycles. The van der Waals surface area contributed by atoms with Gasteiger partial charge in [0.2, 0.25) is 0 Å². The van der Waals surface area contributed by atoms with Crippen molar-refractivity contribution in [3.05, 3.63) is 129 Å². The molecule has 3 aromatic carbocycles. The molecule has 1 aliphatic heterocycles. The summed E-state index contributed by atoms with van der Waals surface area (Å²) < 4.78 is 12.2. The number of nitrogens with one attached hydrogen (secondary N) is 1. The molecule has 2 amide bonds. The van der Waals surface area contributed by atoms with Crippen molar-refractivity contribution in [2.75, 3.05) is 11.9 Å². The zero-order valence-corrected chi connectivity index (χ0v) is 26.5. The zero-order chi connectivity index (χ0) is 30.9. The fraction of sp³-hybridized carbons (Fsp3) is 0.118. The second kappa shape index (κ2) is 14.7. The Morgan fingerprint density at radius 3 is 2.61 bits per heavy atom. The highest BCUT2D eigenvalue weighted by atomic mass is 79.9. The van der Waals surface area contributed by atoms with E-state index >= 15 is 0 Å². The van der Waals surface area contributed by atoms with Gasteiger partial charge in [-0.15, -0.1) is 5.10 Å². The van der Waals surface area contributed by atoms with Crippen molar-refractivity contribution in [1.29, 1.82) is 0 Å². The maximum absolute atomic E-state index is 13.6. The largest absolute Gasteiger partial charge is 0.483 e. The number of aryl methyl sites for hydroxylation is 1. The number of carbonyl (C=O) groups is 2. The summed E-state index contributed by atoms with van der Waals surface area (Å²) in [5, 5.41) is 11.9. The highest BCUT2D eigenvalue weighted by Gasteiger charge is 2.34. The highest BCUT2D eigenvalue weighted by molar-refractivity contribution is 9.10. The molecule has 0 bridgehead atoms. The lowest BCUT2D eigenvalue weighted by molar-refractivity contribution is -0.122. The molecule has 1 fully saturated rings. The van der Waals surface area contributed by atoms with E-state index in [1.54, 1.807) is 36.8 Å². The average molecular weight is 670 g/mol. The first-order valence-electron chi connectivity index (χ1n) is 13.7. The van der Waals surface area contributed by atoms with Crippen molar-refractivity contribution < 1.29 is 18.7 Å². The molecule has 0 radical (unpaired) electrons. The second-order valence-corrected chi connectivity index (χ2v) is 11.8. The third kappa shape index (κ3) is 8.46. The molecule has 8 nitrogen and oxygen atoms in total. The Hall–Kier alpha value is -4.67. The Morgan fingerprint density at radius 1 is 1.07 bits per heavy atom. The monoisotopic (exact) mass is 668 g/mol. The van der Waals surface area contributed by atoms with Gasteiger partial charge in [0.15, 0.2) is 11.8 Å². The molecule has 10 heteroatoms. The van der Waals surface area contributed by atoms with Crippen LogP contribution < -0.4 is 10.1 Å². The summed E-state index contributed by atoms with van der Waals surface area (Å²) in [7, 11) is 0. The predicted molar refractivity (Wildman–Crippen MR) is 180 cm³/mol. The van der Waals surface area contributed by atoms with E-state index in [1.807, 2.05) is 86.7 Å². The molecule has 0 atom stereocenters. The van der Waals surface area contributed by atoms with Crippen LogP contribution >= 0.6 is 27.7 Å². The minimum atomic E-state index is -0.296. The molecule has 0 spiro atoms. The summed E-state index contributed by atoms with van der Waals surface area (Å²) in [6, 6.07) is 26.4. The molecule has 2 heterocycles. The van der Waals surface area contributed by atoms with E-state index in [4.69, 9.17) is 9.15 Å². The van der Waals surface area contributed by atoms with E-state index in [9.17, 15) is 9.59 Å². The zero-order valence-electron chi connectivity index (χ0n) is 24.1. The predicted octanol–water partition coefficient (Wildman–Crippen LogP) is 7.93. The number of hydrogen-bond acceptors (Lipinski definition) is 7. The number of benzene rings is 3. The van der Waals surface area contributed by atoms with E-state index < -0.39 is 0 Å². The number of carbonyl (C=O) groups excluding carboxylic acids is 2. The molecule has 1 aromatic heterocycles. The molecule has 0 aliphatic carbocycles. The van der Waals surface area contributed by atoms with Crippen LogP contribution in [0.5, 0.6) is 5.75 Å². The van der Waals surface area contributed by atoms with Crippen LogP contribution in [-0.4, -0.2) is 34.7 Å². The standard InChI is InChI=1S/C34H29BrN4O4S/c1-23-10-13-28(14-11-23)37-32(40)22-43-30-15-12-27(35)18-26(30)19-31-33(41)39(21-29-9-6-16-42-29)34(44-31)38-36-20-24(2)17-25-7-4-3-5-8-25/h3-20H,21-22H2,1-2H3,(H,37,40)/b24-17+,31-19-,36-20+,38-34-. The first kappa shape index (κ1) is 30.8. The maximum atomic E-state index is 13.6. The van der Waals surface area contributed by atoms with Crippen molar-refractivity contribution in [2.45, 2.75) is 20.4 Å². The van der Waals surface area contributed by atoms with Gasteiger partial charge in [0, 0.05) is 15.7 Å². The summed E-state index contributed by atoms with van der Waals surface area (Å²) in [5.41, 5.74) is 4.38. The van der Waals surface area contributed by atoms with Crippen LogP contribution in [0.1, 0.15) is 29.4 Å². The molecule has 1 aliphatic rings. The topological polar surface area (TPSA) is 96.5 Å². The minimum Gasteiger partial charge on any atom is -0.483 e. The van der Waals surface area contributed by atoms with Crippen molar-refractivity contribution in [1.82, 2.24) is 4.90 Å². The number of halogens is 1. The number of ether oxygens (including phenoxy) is 1. The number of thioether (sulfide) groups is 1. The smallest absolute Gasteiger partial charge is 0.267 e. The number of amides is 2. The fourth-order valence-corrected chi connectivity index (χ4v) is 5.49. The van der Waals surface area contributed by atoms with Gasteiger partial charge < -0.3 is 14.5 Å². The third-order valence-electron chi connectivity index (χ3n) is 6.33. The Bertz CT molecular complexity index is 1750. The first-order valence-corrected chi connectivity index (χ1v) is 15.3. The number of nitrogens with zero attached hydrogens (tertiary/aromatic N) is 3. The number of hydrogen-bond donors (Lipinski definition) is 1. The maximum Gasteiger partial charge on any atom is 0.267 e. The molecule has 4 aromatic rings. The summed E-state index contributed by atoms with van der Waals surface area (Å²) in [5.74, 6) is 0.522. The van der Waals surface area contributed by atoms with Gasteiger partial charge in [-0.25, -0.2) is 0 Å². The van der Waals surface area contributed by atoms with E-state index in [-0.39, 0.29) is 25.0 Å². The lowest BCUT2D eigenvalue weighted by Crippen LogP contribution is -2.28. The highest BCUT2D eigenvalue weighted by Crippen LogP contribution is 2.36. The van der Waals surface area contributed by atoms with Crippen LogP contribution in [0.15, 0.2) is 121 Å². The third-order valence-corrected chi connectivity index (χ3v) is 7.82. The molecule has 0 unspecified atom stereocenters. The van der Waals surface area contributed by atoms with Gasteiger partial charge in [-0.3, -0.25) is 14.5 Å². The normalized spacial score (nSPS) is 15.5. The molecule has 1 N–H and O–H groups in total. The fourth-order valence-electron chi connectivity index (χ4n) is 4.18. The molecule has 1 saturated heterocycles. The molecule has 44 heavy (non-hydrogen) atoms. The lowest BCUT2D eigenvalue weighted by atomic mass is 10.1. The summed E-state index contributed by atoms with van der Waals surface area (Å²) in [6.45, 7) is 3.92. The van der Waals surface area contributed by atoms with Gasteiger partial charge >= 0.3 is 0 Å². The van der Waals surface area contributed by atoms with Crippen LogP contribution in [0.4, 0.5) is 5.69 Å². The van der Waals surface area contributed by atoms with Crippen LogP contribution in [0.3, 0.4) is 0 Å². The number of amidine groups is 1. The number of anilines is 1. The van der Waals surface area contributed by atoms with Gasteiger partial charge in [0.05, 0.1) is 23.9 Å². The number of rotatable bonds is 10. The number of allylic oxidation sites excluding steroid dienone is 1. The van der Waals surface area contributed by atoms with E-state index in [0.29, 0.717) is 32.8 Å². The van der Waals surface area contributed by atoms with Gasteiger partial charge in [-0.2, -0.15) is 5.10 Å². The van der Waals surface area contributed by atoms with Crippen LogP contribution in [0, 0.1) is 6.92 Å². The first-order chi connectivity index (χ1) is 21.3. The molecule has 5 rings (SSSR count). The average Bonchev–Trinajstić information content (AvgIpc) is 3.63.